The Bertz CT molecular complexity index is 969. The number of hydrogen-bond donors (Lipinski definition) is 1. The van der Waals surface area contributed by atoms with E-state index in [0.717, 1.165) is 18.2 Å². The van der Waals surface area contributed by atoms with Gasteiger partial charge in [-0.15, -0.1) is 5.10 Å². The molecule has 0 atom stereocenters. The van der Waals surface area contributed by atoms with Crippen LogP contribution in [0, 0.1) is 18.6 Å². The molecule has 120 valence electrons. The van der Waals surface area contributed by atoms with E-state index in [0.29, 0.717) is 5.69 Å². The molecule has 11 heteroatoms. The van der Waals surface area contributed by atoms with Gasteiger partial charge in [0.1, 0.15) is 17.3 Å². The fraction of sp³-hybridized carbons (Fsp3) is 0.0833. The smallest absolute Gasteiger partial charge is 0.326 e. The molecule has 8 nitrogen and oxygen atoms in total. The third kappa shape index (κ3) is 3.18. The average molecular weight is 341 g/mol. The van der Waals surface area contributed by atoms with E-state index in [-0.39, 0.29) is 5.78 Å². The van der Waals surface area contributed by atoms with Crippen LogP contribution >= 0.6 is 0 Å². The fourth-order valence-electron chi connectivity index (χ4n) is 1.72. The molecule has 0 radical (unpaired) electrons. The second-order valence-corrected chi connectivity index (χ2v) is 5.72. The van der Waals surface area contributed by atoms with Crippen LogP contribution in [0.25, 0.3) is 5.78 Å². The van der Waals surface area contributed by atoms with Gasteiger partial charge in [-0.25, -0.2) is 23.0 Å². The Morgan fingerprint density at radius 1 is 1.17 bits per heavy atom. The van der Waals surface area contributed by atoms with Gasteiger partial charge >= 0.3 is 16.3 Å². The number of fused-ring (bicyclic) bond motifs is 1. The molecule has 1 aromatic carbocycles. The monoisotopic (exact) mass is 341 g/mol. The number of para-hydroxylation sites is 1. The number of hydrogen-bond acceptors (Lipinski definition) is 6. The summed E-state index contributed by atoms with van der Waals surface area (Å²) in [4.78, 5) is 7.77. The molecule has 0 saturated carbocycles. The summed E-state index contributed by atoms with van der Waals surface area (Å²) in [6.45, 7) is 1.72. The van der Waals surface area contributed by atoms with E-state index in [2.05, 4.69) is 19.2 Å². The maximum atomic E-state index is 13.5. The van der Waals surface area contributed by atoms with Crippen molar-refractivity contribution in [1.82, 2.24) is 19.6 Å². The number of benzene rings is 1. The van der Waals surface area contributed by atoms with Gasteiger partial charge in [-0.05, 0) is 25.1 Å². The minimum Gasteiger partial charge on any atom is -0.326 e. The normalized spacial score (nSPS) is 11.6. The van der Waals surface area contributed by atoms with Crippen LogP contribution in [0.3, 0.4) is 0 Å². The molecule has 0 amide bonds. The molecule has 23 heavy (non-hydrogen) atoms. The lowest BCUT2D eigenvalue weighted by molar-refractivity contribution is 0.468. The molecular formula is C12H9F2N5O3S. The van der Waals surface area contributed by atoms with Crippen LogP contribution in [0.1, 0.15) is 5.69 Å². The van der Waals surface area contributed by atoms with Crippen molar-refractivity contribution in [3.8, 4) is 6.01 Å². The zero-order valence-corrected chi connectivity index (χ0v) is 12.4. The third-order valence-electron chi connectivity index (χ3n) is 2.70. The summed E-state index contributed by atoms with van der Waals surface area (Å²) in [6, 6.07) is 3.99. The lowest BCUT2D eigenvalue weighted by atomic mass is 10.3. The number of aryl methyl sites for hydroxylation is 1. The molecular weight excluding hydrogens is 332 g/mol. The highest BCUT2D eigenvalue weighted by atomic mass is 32.2. The van der Waals surface area contributed by atoms with Crippen molar-refractivity contribution in [3.63, 3.8) is 0 Å². The molecule has 0 saturated heterocycles. The second kappa shape index (κ2) is 5.43. The first-order valence-electron chi connectivity index (χ1n) is 6.20. The maximum absolute atomic E-state index is 13.5. The Hall–Kier alpha value is -2.82. The Balaban J connectivity index is 1.88. The Kier molecular flexibility index (Phi) is 3.56. The zero-order chi connectivity index (χ0) is 16.6. The predicted molar refractivity (Wildman–Crippen MR) is 75.0 cm³/mol. The van der Waals surface area contributed by atoms with Gasteiger partial charge in [0.15, 0.2) is 0 Å². The first-order valence-corrected chi connectivity index (χ1v) is 7.61. The van der Waals surface area contributed by atoms with Gasteiger partial charge in [-0.3, -0.25) is 0 Å². The average Bonchev–Trinajstić information content (AvgIpc) is 2.83. The van der Waals surface area contributed by atoms with Crippen LogP contribution in [0.15, 0.2) is 30.5 Å². The third-order valence-corrected chi connectivity index (χ3v) is 3.52. The summed E-state index contributed by atoms with van der Waals surface area (Å²) in [5.74, 6) is -2.05. The van der Waals surface area contributed by atoms with E-state index < -0.39 is 33.6 Å². The van der Waals surface area contributed by atoms with Gasteiger partial charge in [0.25, 0.3) is 5.78 Å². The quantitative estimate of drug-likeness (QED) is 0.771. The molecule has 2 heterocycles. The highest BCUT2D eigenvalue weighted by Crippen LogP contribution is 2.20. The van der Waals surface area contributed by atoms with E-state index in [1.807, 2.05) is 0 Å². The van der Waals surface area contributed by atoms with Crippen molar-refractivity contribution < 1.29 is 21.4 Å². The predicted octanol–water partition coefficient (Wildman–Crippen LogP) is 1.45. The topological polar surface area (TPSA) is 98.5 Å². The van der Waals surface area contributed by atoms with Crippen LogP contribution in [-0.4, -0.2) is 28.0 Å². The molecule has 0 fully saturated rings. The molecule has 3 aromatic rings. The van der Waals surface area contributed by atoms with Gasteiger partial charge in [-0.1, -0.05) is 6.07 Å². The summed E-state index contributed by atoms with van der Waals surface area (Å²) < 4.78 is 58.0. The Labute approximate surface area is 129 Å². The van der Waals surface area contributed by atoms with Gasteiger partial charge in [0.05, 0.1) is 0 Å². The molecule has 0 aliphatic rings. The molecule has 1 N–H and O–H groups in total. The molecule has 0 unspecified atom stereocenters. The summed E-state index contributed by atoms with van der Waals surface area (Å²) in [6.07, 6.45) is 1.51. The number of nitrogens with one attached hydrogen (secondary N) is 1. The first kappa shape index (κ1) is 15.1. The Morgan fingerprint density at radius 3 is 2.57 bits per heavy atom. The fourth-order valence-corrected chi connectivity index (χ4v) is 2.47. The minimum absolute atomic E-state index is 0.118. The van der Waals surface area contributed by atoms with Crippen molar-refractivity contribution >= 4 is 21.8 Å². The van der Waals surface area contributed by atoms with E-state index in [1.165, 1.54) is 10.7 Å². The van der Waals surface area contributed by atoms with Gasteiger partial charge < -0.3 is 4.18 Å². The zero-order valence-electron chi connectivity index (χ0n) is 11.6. The highest BCUT2D eigenvalue weighted by molar-refractivity contribution is 7.88. The van der Waals surface area contributed by atoms with Crippen LogP contribution in [-0.2, 0) is 10.3 Å². The molecule has 0 aliphatic heterocycles. The van der Waals surface area contributed by atoms with Crippen molar-refractivity contribution in [2.45, 2.75) is 6.92 Å². The lowest BCUT2D eigenvalue weighted by Crippen LogP contribution is -2.21. The lowest BCUT2D eigenvalue weighted by Gasteiger charge is -2.07. The Morgan fingerprint density at radius 2 is 1.87 bits per heavy atom. The van der Waals surface area contributed by atoms with Gasteiger partial charge in [-0.2, -0.15) is 13.4 Å². The molecule has 3 rings (SSSR count). The van der Waals surface area contributed by atoms with E-state index >= 15 is 0 Å². The van der Waals surface area contributed by atoms with Crippen LogP contribution in [0.4, 0.5) is 14.5 Å². The number of aromatic nitrogens is 4. The van der Waals surface area contributed by atoms with E-state index in [4.69, 9.17) is 0 Å². The van der Waals surface area contributed by atoms with Gasteiger partial charge in [0.2, 0.25) is 0 Å². The summed E-state index contributed by atoms with van der Waals surface area (Å²) >= 11 is 0. The summed E-state index contributed by atoms with van der Waals surface area (Å²) in [7, 11) is -4.59. The number of rotatable bonds is 4. The van der Waals surface area contributed by atoms with Crippen molar-refractivity contribution in [1.29, 1.82) is 0 Å². The largest absolute Gasteiger partial charge is 0.410 e. The SMILES string of the molecule is Cc1ccn2nc(OS(=O)(=O)Nc3c(F)cccc3F)nc2n1. The maximum Gasteiger partial charge on any atom is 0.410 e. The van der Waals surface area contributed by atoms with Gasteiger partial charge in [0, 0.05) is 11.9 Å². The second-order valence-electron chi connectivity index (χ2n) is 4.44. The molecule has 0 bridgehead atoms. The summed E-state index contributed by atoms with van der Waals surface area (Å²) in [5, 5.41) is 3.74. The number of nitrogens with zero attached hydrogens (tertiary/aromatic N) is 4. The molecule has 0 spiro atoms. The van der Waals surface area contributed by atoms with E-state index in [1.54, 1.807) is 17.7 Å². The molecule has 0 aliphatic carbocycles. The van der Waals surface area contributed by atoms with Crippen LogP contribution < -0.4 is 8.91 Å². The first-order chi connectivity index (χ1) is 10.8. The van der Waals surface area contributed by atoms with Crippen molar-refractivity contribution in [3.05, 3.63) is 47.8 Å². The number of anilines is 1. The highest BCUT2D eigenvalue weighted by Gasteiger charge is 2.21. The number of halogens is 2. The minimum atomic E-state index is -4.59. The molecule has 2 aromatic heterocycles. The van der Waals surface area contributed by atoms with Crippen molar-refractivity contribution in [2.75, 3.05) is 4.72 Å². The van der Waals surface area contributed by atoms with Crippen LogP contribution in [0.5, 0.6) is 6.01 Å². The summed E-state index contributed by atoms with van der Waals surface area (Å²) in [5.41, 5.74) is -0.212. The van der Waals surface area contributed by atoms with Crippen LogP contribution in [0.2, 0.25) is 0 Å². The van der Waals surface area contributed by atoms with E-state index in [9.17, 15) is 17.2 Å². The van der Waals surface area contributed by atoms with Crippen molar-refractivity contribution in [2.24, 2.45) is 0 Å². The standard InChI is InChI=1S/C12H9F2N5O3S/c1-7-5-6-19-11(15-7)16-12(17-19)22-23(20,21)18-10-8(13)3-2-4-9(10)14/h2-6,18H,1H3.